The lowest BCUT2D eigenvalue weighted by atomic mass is 10.7. The van der Waals surface area contributed by atoms with Crippen molar-refractivity contribution in [1.82, 2.24) is 16.3 Å². The van der Waals surface area contributed by atoms with Crippen LogP contribution in [0.5, 0.6) is 0 Å². The van der Waals surface area contributed by atoms with Crippen LogP contribution in [0.15, 0.2) is 9.68 Å². The number of hydrogen-bond acceptors (Lipinski definition) is 9. The van der Waals surface area contributed by atoms with E-state index in [1.807, 2.05) is 0 Å². The van der Waals surface area contributed by atoms with Gasteiger partial charge in [0.2, 0.25) is 5.89 Å². The van der Waals surface area contributed by atoms with Gasteiger partial charge in [0.25, 0.3) is 0 Å². The minimum atomic E-state index is -3.22. The Morgan fingerprint density at radius 3 is 1.31 bits per heavy atom. The third-order valence-corrected chi connectivity index (χ3v) is 0.787. The van der Waals surface area contributed by atoms with Crippen molar-refractivity contribution in [3.05, 3.63) is 11.7 Å². The molecule has 192 valence electrons. The van der Waals surface area contributed by atoms with Crippen LogP contribution in [0.4, 0.5) is 0 Å². The van der Waals surface area contributed by atoms with Gasteiger partial charge in [-0.15, -0.1) is 0 Å². The molecule has 11 N–H and O–H groups in total. The summed E-state index contributed by atoms with van der Waals surface area (Å²) in [5, 5.41) is 17.0. The molecule has 0 saturated heterocycles. The average molecular weight is 744 g/mol. The monoisotopic (exact) mass is 742 g/mol. The third-order valence-electron chi connectivity index (χ3n) is 0.787. The maximum Gasteiger partial charge on any atom is 0.339 e. The van der Waals surface area contributed by atoms with Gasteiger partial charge in [-0.05, 0) is 47.6 Å². The van der Waals surface area contributed by atoms with Crippen molar-refractivity contribution in [2.24, 2.45) is 16.8 Å². The van der Waals surface area contributed by atoms with Crippen molar-refractivity contribution in [1.29, 1.82) is 0 Å². The fourth-order valence-electron chi connectivity index (χ4n) is 0.401. The van der Waals surface area contributed by atoms with Gasteiger partial charge < -0.3 is 32.3 Å². The van der Waals surface area contributed by atoms with Crippen LogP contribution < -0.4 is 17.8 Å². The fourth-order valence-corrected chi connectivity index (χ4v) is 0.401. The van der Waals surface area contributed by atoms with Gasteiger partial charge in [0.1, 0.15) is 5.84 Å². The molecule has 0 aromatic carbocycles. The molecule has 0 saturated carbocycles. The van der Waals surface area contributed by atoms with E-state index in [0.717, 1.165) is 0 Å². The predicted octanol–water partition coefficient (Wildman–Crippen LogP) is 7.51. The molecule has 11 nitrogen and oxygen atoms in total. The van der Waals surface area contributed by atoms with E-state index in [9.17, 15) is 4.57 Å². The zero-order chi connectivity index (χ0) is 18.1. The number of hydrogen-bond donors (Lipinski definition) is 5. The Hall–Kier alpha value is 0.810. The third kappa shape index (κ3) is 148. The molecule has 0 aliphatic heterocycles. The topological polar surface area (TPSA) is 227 Å². The van der Waals surface area contributed by atoms with E-state index in [1.165, 1.54) is 6.92 Å². The van der Waals surface area contributed by atoms with E-state index in [2.05, 4.69) is 96.7 Å². The molecule has 0 bridgehead atoms. The van der Waals surface area contributed by atoms with Crippen molar-refractivity contribution < 1.29 is 25.0 Å². The highest BCUT2D eigenvalue weighted by atomic mass is 128. The summed E-state index contributed by atoms with van der Waals surface area (Å²) in [7, 11) is 0. The van der Waals surface area contributed by atoms with Gasteiger partial charge in [0.15, 0.2) is 5.82 Å². The molecular formula is C12H44Cl3I2N6O5P. The first kappa shape index (κ1) is 78.0. The Balaban J connectivity index is -0.0000000123. The number of aromatic nitrogens is 2. The van der Waals surface area contributed by atoms with Gasteiger partial charge in [-0.2, -0.15) is 4.98 Å². The largest absolute Gasteiger partial charge is 0.412 e. The van der Waals surface area contributed by atoms with E-state index in [4.69, 9.17) is 16.1 Å². The highest BCUT2D eigenvalue weighted by Gasteiger charge is 2.02. The van der Waals surface area contributed by atoms with Crippen molar-refractivity contribution in [3.63, 3.8) is 0 Å². The summed E-state index contributed by atoms with van der Waals surface area (Å²) in [5.74, 6) is 5.00. The molecule has 0 atom stereocenters. The van der Waals surface area contributed by atoms with Crippen LogP contribution in [0.3, 0.4) is 0 Å². The molecule has 1 aromatic heterocycles. The Morgan fingerprint density at radius 1 is 1.07 bits per heavy atom. The zero-order valence-corrected chi connectivity index (χ0v) is 19.7. The van der Waals surface area contributed by atoms with Crippen molar-refractivity contribution in [3.8, 4) is 0 Å². The Kier molecular flexibility index (Phi) is 153. The SMILES string of the molecule is C.C.C.C.C.C.C/C(N)=N/O.Cc1noc(C)n1.II.N.NO.O.O=P(Cl)(Cl)Cl. The average Bonchev–Trinajstić information content (AvgIpc) is 2.77. The van der Waals surface area contributed by atoms with Crippen LogP contribution in [0.25, 0.3) is 0 Å². The number of rotatable bonds is 0. The first-order chi connectivity index (χ1) is 9.56. The van der Waals surface area contributed by atoms with Crippen LogP contribution in [0, 0.1) is 13.8 Å². The van der Waals surface area contributed by atoms with E-state index >= 15 is 0 Å². The zero-order valence-electron chi connectivity index (χ0n) is 12.3. The summed E-state index contributed by atoms with van der Waals surface area (Å²) < 4.78 is 14.1. The molecular weight excluding hydrogens is 699 g/mol. The highest BCUT2D eigenvalue weighted by Crippen LogP contribution is 2.61. The molecule has 0 radical (unpaired) electrons. The van der Waals surface area contributed by atoms with Crippen LogP contribution in [-0.4, -0.2) is 31.9 Å². The van der Waals surface area contributed by atoms with Gasteiger partial charge in [0, 0.05) is 44.2 Å². The number of nitrogens with zero attached hydrogens (tertiary/aromatic N) is 3. The molecule has 17 heteroatoms. The standard InChI is InChI=1S/C4H6N2O.C2H6N2O.6CH4.Cl3OP.I2.H3NO.H3N.H2O/c1-3-5-4(2)7-6-3;1-2(3)4-5;;;;;;;1-5(2,3)4;2*1-2;;/h1-2H3;5H,1H3,(H2,3,4);6*1H4;;;2H,1H2;1H3;1H2. The van der Waals surface area contributed by atoms with Crippen LogP contribution in [0.2, 0.25) is 0 Å². The molecule has 1 aromatic rings. The number of aryl methyl sites for hydroxylation is 2. The van der Waals surface area contributed by atoms with Crippen LogP contribution >= 0.6 is 76.2 Å². The number of halogens is 5. The van der Waals surface area contributed by atoms with E-state index in [0.29, 0.717) is 11.7 Å². The summed E-state index contributed by atoms with van der Waals surface area (Å²) in [6, 6.07) is 0. The predicted molar refractivity (Wildman–Crippen MR) is 151 cm³/mol. The molecule has 0 aliphatic carbocycles. The summed E-state index contributed by atoms with van der Waals surface area (Å²) in [6.45, 7) is 5.05. The fraction of sp³-hybridized carbons (Fsp3) is 0.750. The summed E-state index contributed by atoms with van der Waals surface area (Å²) in [4.78, 5) is 3.83. The van der Waals surface area contributed by atoms with E-state index in [1.54, 1.807) is 13.8 Å². The summed E-state index contributed by atoms with van der Waals surface area (Å²) in [6.07, 6.45) is 0. The molecule has 1 heterocycles. The first-order valence-electron chi connectivity index (χ1n) is 4.36. The van der Waals surface area contributed by atoms with Gasteiger partial charge in [-0.25, -0.2) is 5.90 Å². The van der Waals surface area contributed by atoms with Crippen molar-refractivity contribution in [2.75, 3.05) is 0 Å². The Labute approximate surface area is 215 Å². The summed E-state index contributed by atoms with van der Waals surface area (Å²) >= 11 is 18.1. The smallest absolute Gasteiger partial charge is 0.339 e. The molecule has 0 spiro atoms. The second-order valence-corrected chi connectivity index (χ2v) is 9.14. The maximum atomic E-state index is 9.51. The lowest BCUT2D eigenvalue weighted by Gasteiger charge is -1.74. The first-order valence-corrected chi connectivity index (χ1v) is 15.1. The second kappa shape index (κ2) is 56.8. The lowest BCUT2D eigenvalue weighted by Crippen LogP contribution is -2.03. The number of nitrogens with two attached hydrogens (primary N) is 2. The quantitative estimate of drug-likeness (QED) is 0.0442. The minimum Gasteiger partial charge on any atom is -0.412 e. The van der Waals surface area contributed by atoms with E-state index in [-0.39, 0.29) is 62.0 Å². The van der Waals surface area contributed by atoms with Gasteiger partial charge in [-0.3, -0.25) is 4.57 Å². The van der Waals surface area contributed by atoms with E-state index < -0.39 is 5.20 Å². The van der Waals surface area contributed by atoms with Crippen LogP contribution in [0.1, 0.15) is 63.2 Å². The second-order valence-electron chi connectivity index (χ2n) is 2.50. The maximum absolute atomic E-state index is 9.51. The van der Waals surface area contributed by atoms with Crippen molar-refractivity contribution in [2.45, 2.75) is 65.3 Å². The van der Waals surface area contributed by atoms with Gasteiger partial charge in [-0.1, -0.05) is 54.9 Å². The minimum absolute atomic E-state index is 0. The molecule has 0 aliphatic rings. The molecule has 0 unspecified atom stereocenters. The highest BCUT2D eigenvalue weighted by molar-refractivity contribution is 15.0. The lowest BCUT2D eigenvalue weighted by molar-refractivity contribution is 0.311. The van der Waals surface area contributed by atoms with Gasteiger partial charge >= 0.3 is 5.20 Å². The van der Waals surface area contributed by atoms with Gasteiger partial charge in [0.05, 0.1) is 0 Å². The number of oxime groups is 1. The molecule has 1 rings (SSSR count). The van der Waals surface area contributed by atoms with Crippen LogP contribution in [-0.2, 0) is 4.57 Å². The molecule has 0 amide bonds. The van der Waals surface area contributed by atoms with Crippen molar-refractivity contribution >= 4 is 82.0 Å². The normalized spacial score (nSPS) is 6.76. The molecule has 0 fully saturated rings. The Bertz CT molecular complexity index is 390. The Morgan fingerprint density at radius 2 is 1.28 bits per heavy atom. The number of amidine groups is 1. The molecule has 29 heavy (non-hydrogen) atoms. The summed E-state index contributed by atoms with van der Waals surface area (Å²) in [5.41, 5.74) is 4.79.